The van der Waals surface area contributed by atoms with Crippen LogP contribution in [0.3, 0.4) is 0 Å². The first-order valence-corrected chi connectivity index (χ1v) is 3.90. The SMILES string of the molecule is O=C([O-])[c-]1cccc1.[Fe].[NH4+].[cH-]1[cH-][cH-][cH-][cH-]1. The average Bonchev–Trinajstić information content (AvgIpc) is 2.82. The molecule has 0 saturated heterocycles. The molecule has 0 atom stereocenters. The second-order valence-electron chi connectivity index (χ2n) is 2.42. The van der Waals surface area contributed by atoms with Gasteiger partial charge in [0, 0.05) is 23.0 Å². The van der Waals surface area contributed by atoms with Crippen LogP contribution in [0.5, 0.6) is 0 Å². The Kier molecular flexibility index (Phi) is 9.89. The quantitative estimate of drug-likeness (QED) is 0.613. The van der Waals surface area contributed by atoms with Gasteiger partial charge in [0.15, 0.2) is 0 Å². The van der Waals surface area contributed by atoms with Crippen LogP contribution in [0.1, 0.15) is 10.4 Å². The fourth-order valence-corrected chi connectivity index (χ4v) is 0.831. The molecule has 4 N–H and O–H groups in total. The van der Waals surface area contributed by atoms with Crippen molar-refractivity contribution in [3.8, 4) is 0 Å². The van der Waals surface area contributed by atoms with Gasteiger partial charge in [-0.05, 0) is 0 Å². The number of carbonyl (C=O) groups excluding carboxylic acids is 1. The average molecular weight is 247 g/mol. The molecule has 0 radical (unpaired) electrons. The van der Waals surface area contributed by atoms with E-state index in [4.69, 9.17) is 0 Å². The van der Waals surface area contributed by atoms with Gasteiger partial charge in [0.05, 0.1) is 0 Å². The van der Waals surface area contributed by atoms with E-state index in [1.165, 1.54) is 12.1 Å². The van der Waals surface area contributed by atoms with Gasteiger partial charge >= 0.3 is 0 Å². The van der Waals surface area contributed by atoms with Crippen molar-refractivity contribution < 1.29 is 27.0 Å². The summed E-state index contributed by atoms with van der Waals surface area (Å²) in [5, 5.41) is 9.95. The summed E-state index contributed by atoms with van der Waals surface area (Å²) in [4.78, 5) is 9.95. The molecular weight excluding hydrogens is 234 g/mol. The summed E-state index contributed by atoms with van der Waals surface area (Å²) in [6, 6.07) is 16.3. The number of hydrogen-bond acceptors (Lipinski definition) is 2. The summed E-state index contributed by atoms with van der Waals surface area (Å²) in [6.45, 7) is 0. The van der Waals surface area contributed by atoms with Gasteiger partial charge in [-0.1, -0.05) is 0 Å². The number of carboxylic acid groups (broad SMARTS) is 1. The van der Waals surface area contributed by atoms with Crippen molar-refractivity contribution in [1.29, 1.82) is 0 Å². The van der Waals surface area contributed by atoms with Gasteiger partial charge in [-0.2, -0.15) is 12.1 Å². The molecule has 0 bridgehead atoms. The van der Waals surface area contributed by atoms with Crippen molar-refractivity contribution in [2.24, 2.45) is 0 Å². The zero-order chi connectivity index (χ0) is 9.52. The van der Waals surface area contributed by atoms with E-state index in [2.05, 4.69) is 0 Å². The summed E-state index contributed by atoms with van der Waals surface area (Å²) < 4.78 is 0. The molecule has 3 nitrogen and oxygen atoms in total. The van der Waals surface area contributed by atoms with Crippen molar-refractivity contribution in [3.05, 3.63) is 60.2 Å². The Morgan fingerprint density at radius 1 is 1.00 bits per heavy atom. The maximum atomic E-state index is 9.95. The molecule has 0 amide bonds. The first kappa shape index (κ1) is 16.1. The number of hydrogen-bond donors (Lipinski definition) is 1. The normalized spacial score (nSPS) is 7.47. The Morgan fingerprint density at radius 2 is 1.33 bits per heavy atom. The predicted molar refractivity (Wildman–Crippen MR) is 54.4 cm³/mol. The van der Waals surface area contributed by atoms with Crippen LogP contribution in [0.15, 0.2) is 54.6 Å². The van der Waals surface area contributed by atoms with Crippen LogP contribution < -0.4 is 11.3 Å². The van der Waals surface area contributed by atoms with Gasteiger partial charge in [0.25, 0.3) is 0 Å². The molecule has 2 aromatic carbocycles. The standard InChI is InChI=1S/C6H5O2.C5H5.Fe.H3N/c7-6(8)5-3-1-2-4-5;1-2-4-5-3-1;;/h1-4H,(H,7,8);1-5H;;1H3/q-1;-5;;. The van der Waals surface area contributed by atoms with E-state index in [1.807, 2.05) is 30.3 Å². The summed E-state index contributed by atoms with van der Waals surface area (Å²) in [7, 11) is 0. The fourth-order valence-electron chi connectivity index (χ4n) is 0.831. The Balaban J connectivity index is 0. The third kappa shape index (κ3) is 6.68. The van der Waals surface area contributed by atoms with Crippen LogP contribution in [0, 0.1) is 0 Å². The van der Waals surface area contributed by atoms with Crippen LogP contribution in [-0.2, 0) is 17.1 Å². The molecule has 0 heterocycles. The zero-order valence-corrected chi connectivity index (χ0v) is 9.47. The van der Waals surface area contributed by atoms with Crippen LogP contribution >= 0.6 is 0 Å². The molecule has 0 aromatic heterocycles. The fraction of sp³-hybridized carbons (Fsp3) is 0. The molecule has 0 saturated carbocycles. The second-order valence-corrected chi connectivity index (χ2v) is 2.42. The van der Waals surface area contributed by atoms with Gasteiger partial charge in [0.1, 0.15) is 0 Å². The summed E-state index contributed by atoms with van der Waals surface area (Å²) in [6.07, 6.45) is 0. The molecule has 0 fully saturated rings. The molecule has 0 aliphatic rings. The van der Waals surface area contributed by atoms with Crippen molar-refractivity contribution in [3.63, 3.8) is 0 Å². The Hall–Kier alpha value is -1.35. The Bertz CT molecular complexity index is 310. The van der Waals surface area contributed by atoms with Gasteiger partial charge in [0.2, 0.25) is 0 Å². The summed E-state index contributed by atoms with van der Waals surface area (Å²) >= 11 is 0. The molecule has 4 heteroatoms. The summed E-state index contributed by atoms with van der Waals surface area (Å²) in [5.41, 5.74) is 0.241. The number of aromatic carboxylic acids is 1. The van der Waals surface area contributed by atoms with Crippen LogP contribution in [0.2, 0.25) is 0 Å². The maximum Gasteiger partial charge on any atom is 0.0154 e. The van der Waals surface area contributed by atoms with E-state index in [9.17, 15) is 9.90 Å². The number of quaternary nitrogens is 1. The van der Waals surface area contributed by atoms with Gasteiger partial charge in [-0.25, -0.2) is 12.1 Å². The minimum Gasteiger partial charge on any atom is -0.748 e. The van der Waals surface area contributed by atoms with E-state index in [1.54, 1.807) is 12.1 Å². The summed E-state index contributed by atoms with van der Waals surface area (Å²) in [5.74, 6) is -1.12. The molecule has 0 aliphatic heterocycles. The topological polar surface area (TPSA) is 76.6 Å². The second kappa shape index (κ2) is 9.21. The largest absolute Gasteiger partial charge is 0.748 e. The third-order valence-corrected chi connectivity index (χ3v) is 1.45. The van der Waals surface area contributed by atoms with Crippen molar-refractivity contribution in [1.82, 2.24) is 6.15 Å². The molecule has 15 heavy (non-hydrogen) atoms. The zero-order valence-electron chi connectivity index (χ0n) is 8.37. The van der Waals surface area contributed by atoms with Crippen molar-refractivity contribution >= 4 is 5.97 Å². The third-order valence-electron chi connectivity index (χ3n) is 1.45. The van der Waals surface area contributed by atoms with Crippen molar-refractivity contribution in [2.75, 3.05) is 0 Å². The molecule has 2 aromatic rings. The predicted octanol–water partition coefficient (Wildman–Crippen LogP) is 1.55. The van der Waals surface area contributed by atoms with E-state index >= 15 is 0 Å². The maximum absolute atomic E-state index is 9.95. The molecule has 2 rings (SSSR count). The van der Waals surface area contributed by atoms with E-state index in [0.29, 0.717) is 0 Å². The number of rotatable bonds is 1. The van der Waals surface area contributed by atoms with Crippen molar-refractivity contribution in [2.45, 2.75) is 0 Å². The minimum absolute atomic E-state index is 0. The van der Waals surface area contributed by atoms with Gasteiger partial charge in [-0.15, -0.1) is 5.56 Å². The molecular formula is C11H13FeNO2-6. The monoisotopic (exact) mass is 247 g/mol. The Morgan fingerprint density at radius 3 is 1.53 bits per heavy atom. The number of carbonyl (C=O) groups is 1. The smallest absolute Gasteiger partial charge is 0.0154 e. The van der Waals surface area contributed by atoms with Crippen LogP contribution in [0.4, 0.5) is 0 Å². The van der Waals surface area contributed by atoms with Gasteiger partial charge < -0.3 is 46.4 Å². The first-order valence-electron chi connectivity index (χ1n) is 3.90. The molecule has 0 spiro atoms. The van der Waals surface area contributed by atoms with E-state index < -0.39 is 5.97 Å². The number of carboxylic acids is 1. The van der Waals surface area contributed by atoms with Crippen LogP contribution in [-0.4, -0.2) is 5.97 Å². The molecule has 0 aliphatic carbocycles. The molecule has 0 unspecified atom stereocenters. The van der Waals surface area contributed by atoms with Crippen LogP contribution in [0.25, 0.3) is 0 Å². The molecule has 88 valence electrons. The van der Waals surface area contributed by atoms with E-state index in [-0.39, 0.29) is 28.8 Å². The van der Waals surface area contributed by atoms with Gasteiger partial charge in [-0.3, -0.25) is 0 Å². The minimum atomic E-state index is -1.12. The first-order chi connectivity index (χ1) is 6.30. The Labute approximate surface area is 99.5 Å². The van der Waals surface area contributed by atoms with E-state index in [0.717, 1.165) is 0 Å².